The van der Waals surface area contributed by atoms with Crippen LogP contribution in [-0.4, -0.2) is 107 Å². The van der Waals surface area contributed by atoms with Crippen LogP contribution in [0.15, 0.2) is 24.3 Å². The number of carbonyl (C=O) groups is 2. The molecule has 0 aromatic heterocycles. The third kappa shape index (κ3) is 5.45. The first-order valence-corrected chi connectivity index (χ1v) is 11.7. The zero-order chi connectivity index (χ0) is 26.7. The zero-order valence-electron chi connectivity index (χ0n) is 19.9. The molecule has 0 saturated carbocycles. The van der Waals surface area contributed by atoms with E-state index in [1.54, 1.807) is 24.3 Å². The molecule has 10 nitrogen and oxygen atoms in total. The second-order valence-corrected chi connectivity index (χ2v) is 8.85. The van der Waals surface area contributed by atoms with Crippen molar-refractivity contribution in [2.24, 2.45) is 5.92 Å². The molecule has 4 amide bonds. The number of aliphatic hydroxyl groups is 2. The highest BCUT2D eigenvalue weighted by atomic mass is 19.3. The minimum Gasteiger partial charge on any atom is -0.394 e. The molecule has 0 aliphatic carbocycles. The SMILES string of the molecule is CC[C@H]1OC(N2CC=CCNC2=O)C(F)(F)[C@@H]1C.O=C1NCC=CCN1[C@@H]1O[C@H](CO)[C@@H](O)C1(F)F. The highest BCUT2D eigenvalue weighted by molar-refractivity contribution is 5.75. The van der Waals surface area contributed by atoms with Gasteiger partial charge in [-0.15, -0.1) is 0 Å². The molecule has 6 atom stereocenters. The van der Waals surface area contributed by atoms with Gasteiger partial charge in [-0.2, -0.15) is 8.78 Å². The number of hydrogen-bond donors (Lipinski definition) is 4. The Kier molecular flexibility index (Phi) is 8.85. The Labute approximate surface area is 205 Å². The van der Waals surface area contributed by atoms with Gasteiger partial charge in [0.05, 0.1) is 18.6 Å². The van der Waals surface area contributed by atoms with Gasteiger partial charge in [0.25, 0.3) is 5.92 Å². The molecule has 0 aromatic rings. The van der Waals surface area contributed by atoms with Crippen LogP contribution in [0.5, 0.6) is 0 Å². The van der Waals surface area contributed by atoms with Crippen LogP contribution in [-0.2, 0) is 9.47 Å². The van der Waals surface area contributed by atoms with Crippen molar-refractivity contribution in [3.8, 4) is 0 Å². The van der Waals surface area contributed by atoms with E-state index in [1.165, 1.54) is 6.92 Å². The molecule has 4 aliphatic rings. The molecule has 2 fully saturated rings. The van der Waals surface area contributed by atoms with Crippen LogP contribution in [0.25, 0.3) is 0 Å². The molecule has 4 aliphatic heterocycles. The average molecular weight is 525 g/mol. The van der Waals surface area contributed by atoms with Crippen molar-refractivity contribution < 1.29 is 46.8 Å². The number of rotatable bonds is 4. The number of hydrogen-bond acceptors (Lipinski definition) is 6. The highest BCUT2D eigenvalue weighted by Gasteiger charge is 2.61. The standard InChI is InChI=1S/C12H18F2N2O2.C10H14F2N2O4/c1-3-9-8(2)12(13,14)10(18-9)16-7-5-4-6-15-11(16)17;11-10(12)7(16)6(5-15)18-8(10)14-4-2-1-3-13-9(14)17/h4-5,8-10H,3,6-7H2,1-2H3,(H,15,17);1-2,6-8,15-16H,3-5H2,(H,13,17)/t8-,9-,10?;6-,7-,8-/m11/s1. The monoisotopic (exact) mass is 524 g/mol. The lowest BCUT2D eigenvalue weighted by Crippen LogP contribution is -2.53. The summed E-state index contributed by atoms with van der Waals surface area (Å²) >= 11 is 0. The maximum atomic E-state index is 14.2. The molecule has 4 N–H and O–H groups in total. The highest BCUT2D eigenvalue weighted by Crippen LogP contribution is 2.43. The minimum absolute atomic E-state index is 0.0447. The molecule has 204 valence electrons. The quantitative estimate of drug-likeness (QED) is 0.324. The maximum absolute atomic E-state index is 14.2. The number of carbonyl (C=O) groups excluding carboxylic acids is 2. The van der Waals surface area contributed by atoms with Gasteiger partial charge >= 0.3 is 18.0 Å². The molecule has 0 spiro atoms. The maximum Gasteiger partial charge on any atom is 0.320 e. The molecule has 36 heavy (non-hydrogen) atoms. The fraction of sp³-hybridized carbons (Fsp3) is 0.727. The minimum atomic E-state index is -3.62. The number of ether oxygens (including phenoxy) is 2. The Morgan fingerprint density at radius 1 is 0.917 bits per heavy atom. The summed E-state index contributed by atoms with van der Waals surface area (Å²) in [5, 5.41) is 23.2. The summed E-state index contributed by atoms with van der Waals surface area (Å²) in [6, 6.07) is -1.20. The molecule has 0 aromatic carbocycles. The first-order chi connectivity index (χ1) is 17.0. The van der Waals surface area contributed by atoms with Crippen molar-refractivity contribution in [2.75, 3.05) is 32.8 Å². The van der Waals surface area contributed by atoms with Gasteiger partial charge in [-0.3, -0.25) is 9.80 Å². The fourth-order valence-corrected chi connectivity index (χ4v) is 4.34. The van der Waals surface area contributed by atoms with E-state index in [-0.39, 0.29) is 19.6 Å². The predicted octanol–water partition coefficient (Wildman–Crippen LogP) is 1.26. The van der Waals surface area contributed by atoms with Crippen molar-refractivity contribution >= 4 is 12.1 Å². The van der Waals surface area contributed by atoms with Gasteiger partial charge in [0.1, 0.15) is 6.10 Å². The number of nitrogens with zero attached hydrogens (tertiary/aromatic N) is 2. The molecule has 1 unspecified atom stereocenters. The van der Waals surface area contributed by atoms with Crippen LogP contribution in [0.1, 0.15) is 20.3 Å². The van der Waals surface area contributed by atoms with Crippen molar-refractivity contribution in [1.29, 1.82) is 0 Å². The van der Waals surface area contributed by atoms with E-state index >= 15 is 0 Å². The van der Waals surface area contributed by atoms with Gasteiger partial charge < -0.3 is 30.3 Å². The summed E-state index contributed by atoms with van der Waals surface area (Å²) < 4.78 is 66.2. The van der Waals surface area contributed by atoms with Crippen LogP contribution in [0.2, 0.25) is 0 Å². The van der Waals surface area contributed by atoms with E-state index in [0.29, 0.717) is 13.0 Å². The third-order valence-electron chi connectivity index (χ3n) is 6.53. The Balaban J connectivity index is 0.000000201. The Morgan fingerprint density at radius 2 is 1.39 bits per heavy atom. The number of halogens is 4. The van der Waals surface area contributed by atoms with Crippen LogP contribution in [0.4, 0.5) is 27.2 Å². The van der Waals surface area contributed by atoms with E-state index in [0.717, 1.165) is 9.80 Å². The number of urea groups is 2. The molecule has 4 rings (SSSR count). The number of nitrogens with one attached hydrogen (secondary N) is 2. The molecule has 2 saturated heterocycles. The van der Waals surface area contributed by atoms with E-state index in [1.807, 2.05) is 6.92 Å². The molecule has 0 radical (unpaired) electrons. The summed E-state index contributed by atoms with van der Waals surface area (Å²) in [7, 11) is 0. The second kappa shape index (κ2) is 11.3. The Hall–Kier alpha value is -2.42. The lowest BCUT2D eigenvalue weighted by atomic mass is 9.97. The largest absolute Gasteiger partial charge is 0.394 e. The summed E-state index contributed by atoms with van der Waals surface area (Å²) in [5.74, 6) is -7.52. The zero-order valence-corrected chi connectivity index (χ0v) is 19.9. The van der Waals surface area contributed by atoms with E-state index < -0.39 is 67.2 Å². The summed E-state index contributed by atoms with van der Waals surface area (Å²) in [6.45, 7) is 3.26. The van der Waals surface area contributed by atoms with Crippen molar-refractivity contribution in [1.82, 2.24) is 20.4 Å². The van der Waals surface area contributed by atoms with Gasteiger partial charge in [-0.25, -0.2) is 18.4 Å². The lowest BCUT2D eigenvalue weighted by molar-refractivity contribution is -0.152. The van der Waals surface area contributed by atoms with Crippen LogP contribution >= 0.6 is 0 Å². The van der Waals surface area contributed by atoms with Crippen molar-refractivity contribution in [3.05, 3.63) is 24.3 Å². The van der Waals surface area contributed by atoms with Crippen molar-refractivity contribution in [3.63, 3.8) is 0 Å². The van der Waals surface area contributed by atoms with Gasteiger partial charge in [-0.1, -0.05) is 38.2 Å². The van der Waals surface area contributed by atoms with E-state index in [4.69, 9.17) is 14.6 Å². The fourth-order valence-electron chi connectivity index (χ4n) is 4.34. The Bertz CT molecular complexity index is 792. The predicted molar refractivity (Wildman–Crippen MR) is 118 cm³/mol. The summed E-state index contributed by atoms with van der Waals surface area (Å²) in [5.41, 5.74) is 0. The second-order valence-electron chi connectivity index (χ2n) is 8.85. The third-order valence-corrected chi connectivity index (χ3v) is 6.53. The number of alkyl halides is 4. The van der Waals surface area contributed by atoms with Crippen LogP contribution in [0, 0.1) is 5.92 Å². The molecule has 4 heterocycles. The Morgan fingerprint density at radius 3 is 1.81 bits per heavy atom. The normalized spacial score (nSPS) is 35.4. The molecule has 14 heteroatoms. The number of aliphatic hydroxyl groups excluding tert-OH is 2. The number of amides is 4. The molecular weight excluding hydrogens is 492 g/mol. The summed E-state index contributed by atoms with van der Waals surface area (Å²) in [6.07, 6.45) is -0.262. The van der Waals surface area contributed by atoms with Crippen LogP contribution < -0.4 is 10.6 Å². The average Bonchev–Trinajstić information content (AvgIpc) is 3.04. The first-order valence-electron chi connectivity index (χ1n) is 11.7. The van der Waals surface area contributed by atoms with Gasteiger partial charge in [0, 0.05) is 26.2 Å². The smallest absolute Gasteiger partial charge is 0.320 e. The van der Waals surface area contributed by atoms with Crippen molar-refractivity contribution in [2.45, 2.75) is 62.9 Å². The van der Waals surface area contributed by atoms with Gasteiger partial charge in [0.2, 0.25) is 6.23 Å². The molecule has 0 bridgehead atoms. The first kappa shape index (κ1) is 28.2. The van der Waals surface area contributed by atoms with E-state index in [2.05, 4.69) is 10.6 Å². The van der Waals surface area contributed by atoms with Crippen LogP contribution in [0.3, 0.4) is 0 Å². The lowest BCUT2D eigenvalue weighted by Gasteiger charge is -2.30. The van der Waals surface area contributed by atoms with Gasteiger partial charge in [-0.05, 0) is 6.42 Å². The topological polar surface area (TPSA) is 124 Å². The molecular formula is C22H32F4N4O6. The summed E-state index contributed by atoms with van der Waals surface area (Å²) in [4.78, 5) is 25.2. The van der Waals surface area contributed by atoms with Gasteiger partial charge in [0.15, 0.2) is 12.3 Å². The van der Waals surface area contributed by atoms with E-state index in [9.17, 15) is 32.3 Å².